The topological polar surface area (TPSA) is 69.0 Å². The number of aromatic nitrogens is 3. The lowest BCUT2D eigenvalue weighted by molar-refractivity contribution is -0.121. The van der Waals surface area contributed by atoms with Crippen LogP contribution in [0.1, 0.15) is 44.0 Å². The molecule has 1 heterocycles. The fourth-order valence-electron chi connectivity index (χ4n) is 3.17. The normalized spacial score (nSPS) is 10.8. The number of hydrogen-bond donors (Lipinski definition) is 1. The molecule has 164 valence electrons. The van der Waals surface area contributed by atoms with Gasteiger partial charge in [0.15, 0.2) is 5.16 Å². The SMILES string of the molecule is CCCCNC(=O)CCCSc1nnc(Cc2ccccc2)n1-c1ccc(OC)cc1. The van der Waals surface area contributed by atoms with Crippen LogP contribution in [0.3, 0.4) is 0 Å². The molecule has 1 N–H and O–H groups in total. The first-order valence-corrected chi connectivity index (χ1v) is 11.7. The lowest BCUT2D eigenvalue weighted by Gasteiger charge is -2.11. The van der Waals surface area contributed by atoms with Crippen LogP contribution < -0.4 is 10.1 Å². The smallest absolute Gasteiger partial charge is 0.220 e. The van der Waals surface area contributed by atoms with Crippen LogP contribution in [0.5, 0.6) is 5.75 Å². The van der Waals surface area contributed by atoms with Crippen molar-refractivity contribution >= 4 is 17.7 Å². The number of amides is 1. The number of thioether (sulfide) groups is 1. The van der Waals surface area contributed by atoms with Gasteiger partial charge in [-0.25, -0.2) is 0 Å². The second-order valence-electron chi connectivity index (χ2n) is 7.25. The largest absolute Gasteiger partial charge is 0.497 e. The van der Waals surface area contributed by atoms with E-state index in [9.17, 15) is 4.79 Å². The van der Waals surface area contributed by atoms with E-state index in [1.165, 1.54) is 5.56 Å². The minimum Gasteiger partial charge on any atom is -0.497 e. The summed E-state index contributed by atoms with van der Waals surface area (Å²) in [5, 5.41) is 12.7. The van der Waals surface area contributed by atoms with E-state index in [0.29, 0.717) is 12.8 Å². The van der Waals surface area contributed by atoms with Gasteiger partial charge in [0.1, 0.15) is 11.6 Å². The van der Waals surface area contributed by atoms with Crippen LogP contribution in [0.2, 0.25) is 0 Å². The fraction of sp³-hybridized carbons (Fsp3) is 0.375. The van der Waals surface area contributed by atoms with Gasteiger partial charge in [-0.1, -0.05) is 55.4 Å². The highest BCUT2D eigenvalue weighted by molar-refractivity contribution is 7.99. The van der Waals surface area contributed by atoms with E-state index in [0.717, 1.165) is 54.0 Å². The average Bonchev–Trinajstić information content (AvgIpc) is 3.20. The van der Waals surface area contributed by atoms with Crippen LogP contribution in [-0.2, 0) is 11.2 Å². The molecule has 0 saturated carbocycles. The summed E-state index contributed by atoms with van der Waals surface area (Å²) in [4.78, 5) is 11.9. The third-order valence-corrected chi connectivity index (χ3v) is 5.88. The fourth-order valence-corrected chi connectivity index (χ4v) is 4.08. The second kappa shape index (κ2) is 12.2. The van der Waals surface area contributed by atoms with Crippen molar-refractivity contribution in [2.75, 3.05) is 19.4 Å². The lowest BCUT2D eigenvalue weighted by atomic mass is 10.1. The molecule has 0 atom stereocenters. The Kier molecular flexibility index (Phi) is 8.97. The van der Waals surface area contributed by atoms with Crippen molar-refractivity contribution in [2.24, 2.45) is 0 Å². The summed E-state index contributed by atoms with van der Waals surface area (Å²) in [5.74, 6) is 2.62. The van der Waals surface area contributed by atoms with Crippen molar-refractivity contribution in [1.82, 2.24) is 20.1 Å². The number of ether oxygens (including phenoxy) is 1. The number of nitrogens with zero attached hydrogens (tertiary/aromatic N) is 3. The maximum atomic E-state index is 11.9. The minimum atomic E-state index is 0.121. The molecule has 0 saturated heterocycles. The van der Waals surface area contributed by atoms with Crippen LogP contribution in [0.4, 0.5) is 0 Å². The summed E-state index contributed by atoms with van der Waals surface area (Å²) >= 11 is 1.63. The average molecular weight is 439 g/mol. The maximum absolute atomic E-state index is 11.9. The summed E-state index contributed by atoms with van der Waals surface area (Å²) in [7, 11) is 1.66. The van der Waals surface area contributed by atoms with Crippen molar-refractivity contribution in [1.29, 1.82) is 0 Å². The van der Waals surface area contributed by atoms with Gasteiger partial charge in [-0.05, 0) is 42.7 Å². The van der Waals surface area contributed by atoms with Crippen molar-refractivity contribution in [3.8, 4) is 11.4 Å². The Morgan fingerprint density at radius 2 is 1.84 bits per heavy atom. The van der Waals surface area contributed by atoms with Gasteiger partial charge in [0.05, 0.1) is 7.11 Å². The Morgan fingerprint density at radius 1 is 1.06 bits per heavy atom. The highest BCUT2D eigenvalue weighted by Crippen LogP contribution is 2.25. The van der Waals surface area contributed by atoms with Gasteiger partial charge in [0, 0.05) is 30.8 Å². The van der Waals surface area contributed by atoms with Gasteiger partial charge in [-0.15, -0.1) is 10.2 Å². The molecule has 3 aromatic rings. The Balaban J connectivity index is 1.69. The Morgan fingerprint density at radius 3 is 2.55 bits per heavy atom. The summed E-state index contributed by atoms with van der Waals surface area (Å²) < 4.78 is 7.39. The van der Waals surface area contributed by atoms with Crippen LogP contribution >= 0.6 is 11.8 Å². The van der Waals surface area contributed by atoms with Gasteiger partial charge in [-0.2, -0.15) is 0 Å². The third kappa shape index (κ3) is 6.85. The quantitative estimate of drug-likeness (QED) is 0.329. The van der Waals surface area contributed by atoms with E-state index >= 15 is 0 Å². The van der Waals surface area contributed by atoms with Gasteiger partial charge in [-0.3, -0.25) is 9.36 Å². The molecule has 0 aliphatic heterocycles. The molecule has 7 heteroatoms. The van der Waals surface area contributed by atoms with Crippen molar-refractivity contribution in [3.63, 3.8) is 0 Å². The van der Waals surface area contributed by atoms with E-state index < -0.39 is 0 Å². The van der Waals surface area contributed by atoms with Crippen LogP contribution in [0.15, 0.2) is 59.8 Å². The molecule has 0 spiro atoms. The molecule has 31 heavy (non-hydrogen) atoms. The summed E-state index contributed by atoms with van der Waals surface area (Å²) in [6, 6.07) is 18.2. The molecule has 0 aliphatic rings. The first-order valence-electron chi connectivity index (χ1n) is 10.7. The minimum absolute atomic E-state index is 0.121. The van der Waals surface area contributed by atoms with E-state index in [2.05, 4.69) is 39.1 Å². The number of benzene rings is 2. The zero-order valence-corrected chi connectivity index (χ0v) is 19.0. The number of unbranched alkanes of at least 4 members (excludes halogenated alkanes) is 1. The number of hydrogen-bond acceptors (Lipinski definition) is 5. The molecular formula is C24H30N4O2S. The molecule has 6 nitrogen and oxygen atoms in total. The van der Waals surface area contributed by atoms with Gasteiger partial charge >= 0.3 is 0 Å². The molecule has 1 aromatic heterocycles. The van der Waals surface area contributed by atoms with Crippen molar-refractivity contribution in [2.45, 2.75) is 44.2 Å². The molecule has 0 aliphatic carbocycles. The van der Waals surface area contributed by atoms with Crippen molar-refractivity contribution < 1.29 is 9.53 Å². The highest BCUT2D eigenvalue weighted by Gasteiger charge is 2.15. The lowest BCUT2D eigenvalue weighted by Crippen LogP contribution is -2.24. The predicted molar refractivity (Wildman–Crippen MR) is 125 cm³/mol. The molecule has 2 aromatic carbocycles. The van der Waals surface area contributed by atoms with E-state index in [-0.39, 0.29) is 5.91 Å². The van der Waals surface area contributed by atoms with E-state index in [1.54, 1.807) is 18.9 Å². The number of rotatable bonds is 12. The predicted octanol–water partition coefficient (Wildman–Crippen LogP) is 4.66. The number of carbonyl (C=O) groups excluding carboxylic acids is 1. The molecular weight excluding hydrogens is 408 g/mol. The zero-order chi connectivity index (χ0) is 21.9. The molecule has 0 unspecified atom stereocenters. The van der Waals surface area contributed by atoms with Gasteiger partial charge in [0.2, 0.25) is 5.91 Å². The molecule has 0 radical (unpaired) electrons. The summed E-state index contributed by atoms with van der Waals surface area (Å²) in [5.41, 5.74) is 2.18. The highest BCUT2D eigenvalue weighted by atomic mass is 32.2. The van der Waals surface area contributed by atoms with Crippen LogP contribution in [0, 0.1) is 0 Å². The monoisotopic (exact) mass is 438 g/mol. The first kappa shape index (κ1) is 22.9. The molecule has 3 rings (SSSR count). The maximum Gasteiger partial charge on any atom is 0.220 e. The van der Waals surface area contributed by atoms with Gasteiger partial charge in [0.25, 0.3) is 0 Å². The van der Waals surface area contributed by atoms with Gasteiger partial charge < -0.3 is 10.1 Å². The standard InChI is InChI=1S/C24H30N4O2S/c1-3-4-16-25-23(29)11-8-17-31-24-27-26-22(18-19-9-6-5-7-10-19)28(24)20-12-14-21(30-2)15-13-20/h5-7,9-10,12-15H,3-4,8,11,16-18H2,1-2H3,(H,25,29). The van der Waals surface area contributed by atoms with Crippen LogP contribution in [-0.4, -0.2) is 40.1 Å². The second-order valence-corrected chi connectivity index (χ2v) is 8.31. The number of carbonyl (C=O) groups is 1. The van der Waals surface area contributed by atoms with Crippen molar-refractivity contribution in [3.05, 3.63) is 66.0 Å². The molecule has 0 fully saturated rings. The third-order valence-electron chi connectivity index (χ3n) is 4.87. The van der Waals surface area contributed by atoms with E-state index in [4.69, 9.17) is 4.74 Å². The first-order chi connectivity index (χ1) is 15.2. The number of methoxy groups -OCH3 is 1. The van der Waals surface area contributed by atoms with Crippen LogP contribution in [0.25, 0.3) is 5.69 Å². The number of nitrogens with one attached hydrogen (secondary N) is 1. The molecule has 0 bridgehead atoms. The zero-order valence-electron chi connectivity index (χ0n) is 18.2. The van der Waals surface area contributed by atoms with E-state index in [1.807, 2.05) is 42.5 Å². The Hall–Kier alpha value is -2.80. The Labute approximate surface area is 188 Å². The summed E-state index contributed by atoms with van der Waals surface area (Å²) in [6.07, 6.45) is 4.13. The molecule has 1 amide bonds. The summed E-state index contributed by atoms with van der Waals surface area (Å²) in [6.45, 7) is 2.88. The Bertz CT molecular complexity index is 942.